The standard InChI is InChI=1S/C11H24N2O2/c1-5-6-13(7-8-14)10(15)9-12-11(2,3)4/h12,14H,5-9H2,1-4H3. The lowest BCUT2D eigenvalue weighted by Gasteiger charge is -2.25. The van der Waals surface area contributed by atoms with Crippen LogP contribution in [-0.2, 0) is 4.79 Å². The molecule has 0 bridgehead atoms. The van der Waals surface area contributed by atoms with Crippen LogP contribution in [0.2, 0.25) is 0 Å². The number of aliphatic hydroxyl groups is 1. The van der Waals surface area contributed by atoms with Crippen LogP contribution in [0, 0.1) is 0 Å². The summed E-state index contributed by atoms with van der Waals surface area (Å²) < 4.78 is 0. The van der Waals surface area contributed by atoms with Gasteiger partial charge in [0.25, 0.3) is 0 Å². The van der Waals surface area contributed by atoms with E-state index in [1.54, 1.807) is 4.90 Å². The zero-order chi connectivity index (χ0) is 11.9. The maximum absolute atomic E-state index is 11.7. The molecule has 4 nitrogen and oxygen atoms in total. The Morgan fingerprint density at radius 1 is 1.33 bits per heavy atom. The van der Waals surface area contributed by atoms with E-state index in [0.29, 0.717) is 19.6 Å². The zero-order valence-electron chi connectivity index (χ0n) is 10.3. The van der Waals surface area contributed by atoms with Crippen molar-refractivity contribution in [2.24, 2.45) is 0 Å². The van der Waals surface area contributed by atoms with Crippen LogP contribution in [0.5, 0.6) is 0 Å². The summed E-state index contributed by atoms with van der Waals surface area (Å²) in [6.07, 6.45) is 0.918. The predicted molar refractivity (Wildman–Crippen MR) is 61.7 cm³/mol. The molecule has 0 rings (SSSR count). The topological polar surface area (TPSA) is 52.6 Å². The van der Waals surface area contributed by atoms with Gasteiger partial charge < -0.3 is 15.3 Å². The van der Waals surface area contributed by atoms with E-state index in [4.69, 9.17) is 5.11 Å². The first kappa shape index (κ1) is 14.4. The van der Waals surface area contributed by atoms with Gasteiger partial charge in [0.2, 0.25) is 5.91 Å². The van der Waals surface area contributed by atoms with Crippen molar-refractivity contribution in [3.05, 3.63) is 0 Å². The second kappa shape index (κ2) is 6.80. The Kier molecular flexibility index (Phi) is 6.52. The van der Waals surface area contributed by atoms with Crippen molar-refractivity contribution in [2.75, 3.05) is 26.2 Å². The Morgan fingerprint density at radius 2 is 1.93 bits per heavy atom. The summed E-state index contributed by atoms with van der Waals surface area (Å²) in [5.41, 5.74) is -0.0488. The normalized spacial score (nSPS) is 11.5. The lowest BCUT2D eigenvalue weighted by molar-refractivity contribution is -0.131. The van der Waals surface area contributed by atoms with Crippen LogP contribution in [0.15, 0.2) is 0 Å². The number of hydrogen-bond acceptors (Lipinski definition) is 3. The molecule has 0 spiro atoms. The summed E-state index contributed by atoms with van der Waals surface area (Å²) in [7, 11) is 0. The smallest absolute Gasteiger partial charge is 0.236 e. The summed E-state index contributed by atoms with van der Waals surface area (Å²) in [4.78, 5) is 13.4. The summed E-state index contributed by atoms with van der Waals surface area (Å²) in [6, 6.07) is 0. The van der Waals surface area contributed by atoms with Crippen LogP contribution in [0.1, 0.15) is 34.1 Å². The SMILES string of the molecule is CCCN(CCO)C(=O)CNC(C)(C)C. The van der Waals surface area contributed by atoms with Gasteiger partial charge in [0, 0.05) is 18.6 Å². The summed E-state index contributed by atoms with van der Waals surface area (Å²) in [5, 5.41) is 12.0. The van der Waals surface area contributed by atoms with E-state index in [-0.39, 0.29) is 18.1 Å². The second-order valence-electron chi connectivity index (χ2n) is 4.71. The van der Waals surface area contributed by atoms with E-state index in [0.717, 1.165) is 6.42 Å². The highest BCUT2D eigenvalue weighted by atomic mass is 16.3. The maximum Gasteiger partial charge on any atom is 0.236 e. The minimum atomic E-state index is -0.0488. The third-order valence-corrected chi connectivity index (χ3v) is 1.99. The molecule has 2 N–H and O–H groups in total. The lowest BCUT2D eigenvalue weighted by Crippen LogP contribution is -2.45. The summed E-state index contributed by atoms with van der Waals surface area (Å²) in [6.45, 7) is 9.60. The van der Waals surface area contributed by atoms with Gasteiger partial charge in [0.15, 0.2) is 0 Å². The van der Waals surface area contributed by atoms with Crippen LogP contribution < -0.4 is 5.32 Å². The van der Waals surface area contributed by atoms with Crippen molar-refractivity contribution in [3.63, 3.8) is 0 Å². The van der Waals surface area contributed by atoms with Crippen LogP contribution in [0.4, 0.5) is 0 Å². The fraction of sp³-hybridized carbons (Fsp3) is 0.909. The average Bonchev–Trinajstić information content (AvgIpc) is 2.13. The molecule has 0 fully saturated rings. The van der Waals surface area contributed by atoms with E-state index in [1.807, 2.05) is 27.7 Å². The highest BCUT2D eigenvalue weighted by molar-refractivity contribution is 5.78. The van der Waals surface area contributed by atoms with Gasteiger partial charge in [0.1, 0.15) is 0 Å². The van der Waals surface area contributed by atoms with Gasteiger partial charge in [-0.1, -0.05) is 6.92 Å². The van der Waals surface area contributed by atoms with Crippen molar-refractivity contribution < 1.29 is 9.90 Å². The van der Waals surface area contributed by atoms with E-state index >= 15 is 0 Å². The molecule has 0 aromatic heterocycles. The third kappa shape index (κ3) is 7.33. The first-order chi connectivity index (χ1) is 6.90. The lowest BCUT2D eigenvalue weighted by atomic mass is 10.1. The minimum Gasteiger partial charge on any atom is -0.395 e. The second-order valence-corrected chi connectivity index (χ2v) is 4.71. The van der Waals surface area contributed by atoms with Crippen LogP contribution >= 0.6 is 0 Å². The quantitative estimate of drug-likeness (QED) is 0.684. The van der Waals surface area contributed by atoms with Gasteiger partial charge in [-0.3, -0.25) is 4.79 Å². The van der Waals surface area contributed by atoms with E-state index in [2.05, 4.69) is 5.32 Å². The van der Waals surface area contributed by atoms with E-state index < -0.39 is 0 Å². The molecular weight excluding hydrogens is 192 g/mol. The van der Waals surface area contributed by atoms with Gasteiger partial charge in [-0.05, 0) is 27.2 Å². The fourth-order valence-electron chi connectivity index (χ4n) is 1.20. The van der Waals surface area contributed by atoms with Gasteiger partial charge in [0.05, 0.1) is 13.2 Å². The number of nitrogens with zero attached hydrogens (tertiary/aromatic N) is 1. The number of hydrogen-bond donors (Lipinski definition) is 2. The molecule has 0 aliphatic carbocycles. The van der Waals surface area contributed by atoms with Gasteiger partial charge in [-0.25, -0.2) is 0 Å². The molecule has 4 heteroatoms. The number of carbonyl (C=O) groups excluding carboxylic acids is 1. The van der Waals surface area contributed by atoms with Gasteiger partial charge in [-0.15, -0.1) is 0 Å². The van der Waals surface area contributed by atoms with Crippen molar-refractivity contribution in [1.29, 1.82) is 0 Å². The van der Waals surface area contributed by atoms with Crippen LogP contribution in [0.25, 0.3) is 0 Å². The van der Waals surface area contributed by atoms with Crippen LogP contribution in [-0.4, -0.2) is 47.7 Å². The zero-order valence-corrected chi connectivity index (χ0v) is 10.3. The molecule has 90 valence electrons. The minimum absolute atomic E-state index is 0.0290. The molecule has 0 radical (unpaired) electrons. The van der Waals surface area contributed by atoms with E-state index in [9.17, 15) is 4.79 Å². The number of amides is 1. The first-order valence-corrected chi connectivity index (χ1v) is 5.54. The third-order valence-electron chi connectivity index (χ3n) is 1.99. The fourth-order valence-corrected chi connectivity index (χ4v) is 1.20. The molecule has 0 unspecified atom stereocenters. The first-order valence-electron chi connectivity index (χ1n) is 5.54. The average molecular weight is 216 g/mol. The molecule has 1 amide bonds. The molecule has 0 heterocycles. The van der Waals surface area contributed by atoms with Crippen molar-refractivity contribution in [1.82, 2.24) is 10.2 Å². The predicted octanol–water partition coefficient (Wildman–Crippen LogP) is 0.605. The molecule has 0 saturated heterocycles. The Labute approximate surface area is 92.7 Å². The molecule has 0 aromatic carbocycles. The highest BCUT2D eigenvalue weighted by Crippen LogP contribution is 1.99. The molecule has 0 aliphatic heterocycles. The van der Waals surface area contributed by atoms with Crippen LogP contribution in [0.3, 0.4) is 0 Å². The highest BCUT2D eigenvalue weighted by Gasteiger charge is 2.15. The van der Waals surface area contributed by atoms with Gasteiger partial charge in [-0.2, -0.15) is 0 Å². The molecular formula is C11H24N2O2. The Morgan fingerprint density at radius 3 is 2.33 bits per heavy atom. The van der Waals surface area contributed by atoms with Crippen molar-refractivity contribution in [3.8, 4) is 0 Å². The Balaban J connectivity index is 4.02. The molecule has 0 aromatic rings. The monoisotopic (exact) mass is 216 g/mol. The largest absolute Gasteiger partial charge is 0.395 e. The molecule has 0 atom stereocenters. The van der Waals surface area contributed by atoms with Gasteiger partial charge >= 0.3 is 0 Å². The van der Waals surface area contributed by atoms with E-state index in [1.165, 1.54) is 0 Å². The van der Waals surface area contributed by atoms with Crippen molar-refractivity contribution in [2.45, 2.75) is 39.7 Å². The molecule has 0 aliphatic rings. The molecule has 0 saturated carbocycles. The number of carbonyl (C=O) groups is 1. The summed E-state index contributed by atoms with van der Waals surface area (Å²) >= 11 is 0. The summed E-state index contributed by atoms with van der Waals surface area (Å²) in [5.74, 6) is 0.0563. The number of nitrogens with one attached hydrogen (secondary N) is 1. The Hall–Kier alpha value is -0.610. The molecule has 15 heavy (non-hydrogen) atoms. The number of rotatable bonds is 6. The Bertz CT molecular complexity index is 182. The maximum atomic E-state index is 11.7. The number of aliphatic hydroxyl groups excluding tert-OH is 1. The van der Waals surface area contributed by atoms with Crippen molar-refractivity contribution >= 4 is 5.91 Å².